The van der Waals surface area contributed by atoms with Gasteiger partial charge >= 0.3 is 6.18 Å². The van der Waals surface area contributed by atoms with Crippen molar-refractivity contribution >= 4 is 0 Å². The van der Waals surface area contributed by atoms with Gasteiger partial charge in [0.25, 0.3) is 0 Å². The van der Waals surface area contributed by atoms with E-state index in [9.17, 15) is 13.2 Å². The molecule has 1 aromatic carbocycles. The quantitative estimate of drug-likeness (QED) is 0.848. The van der Waals surface area contributed by atoms with Crippen molar-refractivity contribution < 1.29 is 17.9 Å². The van der Waals surface area contributed by atoms with E-state index in [1.165, 1.54) is 6.07 Å². The highest BCUT2D eigenvalue weighted by Crippen LogP contribution is 2.36. The zero-order valence-electron chi connectivity index (χ0n) is 8.55. The Labute approximate surface area is 91.2 Å². The first-order valence-corrected chi connectivity index (χ1v) is 5.07. The van der Waals surface area contributed by atoms with Crippen molar-refractivity contribution in [1.82, 2.24) is 0 Å². The van der Waals surface area contributed by atoms with Gasteiger partial charge in [0.2, 0.25) is 0 Å². The molecule has 5 heteroatoms. The number of halogens is 3. The van der Waals surface area contributed by atoms with Crippen molar-refractivity contribution in [1.29, 1.82) is 0 Å². The number of alkyl halides is 3. The first-order chi connectivity index (χ1) is 7.50. The van der Waals surface area contributed by atoms with Gasteiger partial charge in [-0.25, -0.2) is 0 Å². The van der Waals surface area contributed by atoms with Crippen molar-refractivity contribution in [2.75, 3.05) is 6.54 Å². The maximum absolute atomic E-state index is 12.4. The average molecular weight is 231 g/mol. The normalized spacial score (nSPS) is 19.4. The molecule has 0 amide bonds. The number of ether oxygens (including phenoxy) is 1. The van der Waals surface area contributed by atoms with E-state index in [2.05, 4.69) is 0 Å². The number of hydrogen-bond acceptors (Lipinski definition) is 2. The molecule has 0 saturated carbocycles. The summed E-state index contributed by atoms with van der Waals surface area (Å²) in [5.74, 6) is 0.548. The minimum Gasteiger partial charge on any atom is -0.490 e. The zero-order chi connectivity index (χ0) is 11.8. The molecule has 1 aromatic rings. The second-order valence-electron chi connectivity index (χ2n) is 3.84. The van der Waals surface area contributed by atoms with Crippen molar-refractivity contribution in [3.05, 3.63) is 29.3 Å². The number of hydrogen-bond donors (Lipinski definition) is 1. The van der Waals surface area contributed by atoms with Crippen LogP contribution in [0.15, 0.2) is 18.2 Å². The highest BCUT2D eigenvalue weighted by Gasteiger charge is 2.32. The lowest BCUT2D eigenvalue weighted by Gasteiger charge is -2.08. The molecule has 1 unspecified atom stereocenters. The third-order valence-corrected chi connectivity index (χ3v) is 2.62. The summed E-state index contributed by atoms with van der Waals surface area (Å²) in [7, 11) is 0. The van der Waals surface area contributed by atoms with Crippen LogP contribution in [0, 0.1) is 0 Å². The molecule has 0 aliphatic carbocycles. The fourth-order valence-electron chi connectivity index (χ4n) is 1.84. The summed E-state index contributed by atoms with van der Waals surface area (Å²) in [5.41, 5.74) is 5.38. The lowest BCUT2D eigenvalue weighted by Crippen LogP contribution is -2.17. The molecule has 88 valence electrons. The van der Waals surface area contributed by atoms with Crippen LogP contribution in [0.25, 0.3) is 0 Å². The molecule has 0 aromatic heterocycles. The molecular weight excluding hydrogens is 219 g/mol. The predicted octanol–water partition coefficient (Wildman–Crippen LogP) is 2.36. The standard InChI is InChI=1S/C11H12F3NO/c12-11(13,14)8-1-2-10-7(5-8)6-9(16-10)3-4-15/h1-2,5,9H,3-4,6,15H2. The van der Waals surface area contributed by atoms with E-state index in [4.69, 9.17) is 10.5 Å². The maximum Gasteiger partial charge on any atom is 0.416 e. The molecule has 0 fully saturated rings. The first kappa shape index (κ1) is 11.3. The Kier molecular flexibility index (Phi) is 2.80. The van der Waals surface area contributed by atoms with Crippen LogP contribution < -0.4 is 10.5 Å². The van der Waals surface area contributed by atoms with E-state index >= 15 is 0 Å². The van der Waals surface area contributed by atoms with Gasteiger partial charge in [-0.1, -0.05) is 0 Å². The highest BCUT2D eigenvalue weighted by molar-refractivity contribution is 5.41. The van der Waals surface area contributed by atoms with Crippen molar-refractivity contribution in [2.24, 2.45) is 5.73 Å². The Bertz CT molecular complexity index is 389. The van der Waals surface area contributed by atoms with Crippen LogP contribution in [-0.4, -0.2) is 12.6 Å². The number of rotatable bonds is 2. The van der Waals surface area contributed by atoms with Crippen LogP contribution in [0.1, 0.15) is 17.5 Å². The van der Waals surface area contributed by atoms with Gasteiger partial charge in [-0.05, 0) is 36.7 Å². The van der Waals surface area contributed by atoms with E-state index in [0.29, 0.717) is 30.7 Å². The summed E-state index contributed by atoms with van der Waals surface area (Å²) in [6.07, 6.45) is -3.20. The van der Waals surface area contributed by atoms with Crippen LogP contribution in [0.4, 0.5) is 13.2 Å². The van der Waals surface area contributed by atoms with Crippen LogP contribution in [0.5, 0.6) is 5.75 Å². The molecule has 0 spiro atoms. The molecule has 16 heavy (non-hydrogen) atoms. The van der Waals surface area contributed by atoms with E-state index < -0.39 is 11.7 Å². The highest BCUT2D eigenvalue weighted by atomic mass is 19.4. The molecule has 1 aliphatic heterocycles. The molecule has 1 heterocycles. The topological polar surface area (TPSA) is 35.2 Å². The maximum atomic E-state index is 12.4. The first-order valence-electron chi connectivity index (χ1n) is 5.07. The lowest BCUT2D eigenvalue weighted by atomic mass is 10.1. The minimum absolute atomic E-state index is 0.0801. The molecule has 1 atom stereocenters. The molecule has 1 aliphatic rings. The van der Waals surface area contributed by atoms with Crippen molar-refractivity contribution in [3.63, 3.8) is 0 Å². The molecule has 0 bridgehead atoms. The second kappa shape index (κ2) is 3.97. The number of nitrogens with two attached hydrogens (primary N) is 1. The SMILES string of the molecule is NCCC1Cc2cc(C(F)(F)F)ccc2O1. The van der Waals surface area contributed by atoms with Gasteiger partial charge < -0.3 is 10.5 Å². The van der Waals surface area contributed by atoms with Gasteiger partial charge in [-0.15, -0.1) is 0 Å². The summed E-state index contributed by atoms with van der Waals surface area (Å²) in [6.45, 7) is 0.477. The molecule has 0 radical (unpaired) electrons. The third kappa shape index (κ3) is 2.14. The summed E-state index contributed by atoms with van der Waals surface area (Å²) >= 11 is 0. The van der Waals surface area contributed by atoms with Gasteiger partial charge in [0.1, 0.15) is 11.9 Å². The van der Waals surface area contributed by atoms with Gasteiger partial charge in [-0.2, -0.15) is 13.2 Å². The number of fused-ring (bicyclic) bond motifs is 1. The van der Waals surface area contributed by atoms with E-state index in [1.54, 1.807) is 0 Å². The zero-order valence-corrected chi connectivity index (χ0v) is 8.55. The Morgan fingerprint density at radius 2 is 2.12 bits per heavy atom. The van der Waals surface area contributed by atoms with Gasteiger partial charge in [0.05, 0.1) is 5.56 Å². The molecule has 2 N–H and O–H groups in total. The fraction of sp³-hybridized carbons (Fsp3) is 0.455. The largest absolute Gasteiger partial charge is 0.490 e. The summed E-state index contributed by atoms with van der Waals surface area (Å²) < 4.78 is 42.8. The Balaban J connectivity index is 2.21. The van der Waals surface area contributed by atoms with E-state index in [1.807, 2.05) is 0 Å². The van der Waals surface area contributed by atoms with E-state index in [0.717, 1.165) is 12.1 Å². The van der Waals surface area contributed by atoms with Crippen LogP contribution in [0.2, 0.25) is 0 Å². The second-order valence-corrected chi connectivity index (χ2v) is 3.84. The fourth-order valence-corrected chi connectivity index (χ4v) is 1.84. The Morgan fingerprint density at radius 1 is 1.38 bits per heavy atom. The monoisotopic (exact) mass is 231 g/mol. The summed E-state index contributed by atoms with van der Waals surface area (Å²) in [6, 6.07) is 3.59. The summed E-state index contributed by atoms with van der Waals surface area (Å²) in [4.78, 5) is 0. The van der Waals surface area contributed by atoms with Gasteiger partial charge in [-0.3, -0.25) is 0 Å². The van der Waals surface area contributed by atoms with Crippen molar-refractivity contribution in [3.8, 4) is 5.75 Å². The minimum atomic E-state index is -4.29. The number of benzene rings is 1. The molecule has 2 rings (SSSR count). The van der Waals surface area contributed by atoms with Crippen molar-refractivity contribution in [2.45, 2.75) is 25.1 Å². The average Bonchev–Trinajstić information content (AvgIpc) is 2.57. The van der Waals surface area contributed by atoms with Gasteiger partial charge in [0.15, 0.2) is 0 Å². The summed E-state index contributed by atoms with van der Waals surface area (Å²) in [5, 5.41) is 0. The predicted molar refractivity (Wildman–Crippen MR) is 53.2 cm³/mol. The molecular formula is C11H12F3NO. The molecule has 2 nitrogen and oxygen atoms in total. The smallest absolute Gasteiger partial charge is 0.416 e. The Morgan fingerprint density at radius 3 is 2.75 bits per heavy atom. The van der Waals surface area contributed by atoms with E-state index in [-0.39, 0.29) is 6.10 Å². The third-order valence-electron chi connectivity index (χ3n) is 2.62. The lowest BCUT2D eigenvalue weighted by molar-refractivity contribution is -0.137. The Hall–Kier alpha value is -1.23. The van der Waals surface area contributed by atoms with Crippen LogP contribution in [0.3, 0.4) is 0 Å². The molecule has 0 saturated heterocycles. The van der Waals surface area contributed by atoms with Gasteiger partial charge in [0, 0.05) is 6.42 Å². The van der Waals surface area contributed by atoms with Crippen LogP contribution >= 0.6 is 0 Å². The van der Waals surface area contributed by atoms with Crippen LogP contribution in [-0.2, 0) is 12.6 Å².